The predicted molar refractivity (Wildman–Crippen MR) is 49.0 cm³/mol. The zero-order valence-corrected chi connectivity index (χ0v) is 8.13. The molecule has 1 atom stereocenters. The van der Waals surface area contributed by atoms with Gasteiger partial charge < -0.3 is 10.4 Å². The van der Waals surface area contributed by atoms with Gasteiger partial charge >= 0.3 is 0 Å². The molecule has 0 radical (unpaired) electrons. The van der Waals surface area contributed by atoms with E-state index in [1.807, 2.05) is 20.8 Å². The van der Waals surface area contributed by atoms with Gasteiger partial charge in [-0.25, -0.2) is 0 Å². The van der Waals surface area contributed by atoms with Crippen molar-refractivity contribution in [3.05, 3.63) is 0 Å². The number of carbonyl (C=O) groups is 1. The Hall–Kier alpha value is -0.410. The van der Waals surface area contributed by atoms with Crippen molar-refractivity contribution in [1.82, 2.24) is 5.32 Å². The molecule has 0 aliphatic rings. The van der Waals surface area contributed by atoms with E-state index in [2.05, 4.69) is 5.32 Å². The van der Waals surface area contributed by atoms with Crippen LogP contribution in [0.4, 0.5) is 0 Å². The van der Waals surface area contributed by atoms with E-state index in [9.17, 15) is 4.79 Å². The highest BCUT2D eigenvalue weighted by atomic mass is 16.3. The topological polar surface area (TPSA) is 49.3 Å². The third-order valence-electron chi connectivity index (χ3n) is 1.74. The van der Waals surface area contributed by atoms with Crippen molar-refractivity contribution in [3.8, 4) is 0 Å². The molecule has 0 unspecified atom stereocenters. The maximum absolute atomic E-state index is 11.4. The maximum Gasteiger partial charge on any atom is 0.154 e. The second-order valence-corrected chi connectivity index (χ2v) is 3.25. The van der Waals surface area contributed by atoms with E-state index in [1.165, 1.54) is 0 Å². The van der Waals surface area contributed by atoms with Gasteiger partial charge in [-0.1, -0.05) is 20.8 Å². The Balaban J connectivity index is 3.88. The van der Waals surface area contributed by atoms with Gasteiger partial charge in [0, 0.05) is 5.92 Å². The molecule has 0 saturated heterocycles. The molecule has 0 aliphatic carbocycles. The number of hydrogen-bond donors (Lipinski definition) is 2. The van der Waals surface area contributed by atoms with Crippen LogP contribution in [-0.4, -0.2) is 30.1 Å². The first-order valence-electron chi connectivity index (χ1n) is 4.51. The highest BCUT2D eigenvalue weighted by molar-refractivity contribution is 5.85. The van der Waals surface area contributed by atoms with Crippen molar-refractivity contribution in [1.29, 1.82) is 0 Å². The van der Waals surface area contributed by atoms with Crippen LogP contribution >= 0.6 is 0 Å². The summed E-state index contributed by atoms with van der Waals surface area (Å²) in [6, 6.07) is -0.370. The summed E-state index contributed by atoms with van der Waals surface area (Å²) >= 11 is 0. The minimum Gasteiger partial charge on any atom is -0.394 e. The second-order valence-electron chi connectivity index (χ2n) is 3.25. The SMILES string of the molecule is CCCN[C@@H](CO)C(=O)C(C)C. The minimum absolute atomic E-state index is 0.00786. The van der Waals surface area contributed by atoms with Crippen molar-refractivity contribution in [2.24, 2.45) is 5.92 Å². The molecule has 0 amide bonds. The maximum atomic E-state index is 11.4. The van der Waals surface area contributed by atoms with Gasteiger partial charge in [0.15, 0.2) is 5.78 Å². The van der Waals surface area contributed by atoms with Crippen molar-refractivity contribution in [2.75, 3.05) is 13.2 Å². The Morgan fingerprint density at radius 1 is 1.50 bits per heavy atom. The third kappa shape index (κ3) is 3.83. The molecule has 0 aliphatic heterocycles. The van der Waals surface area contributed by atoms with Crippen LogP contribution in [0.15, 0.2) is 0 Å². The van der Waals surface area contributed by atoms with E-state index in [-0.39, 0.29) is 24.3 Å². The highest BCUT2D eigenvalue weighted by Crippen LogP contribution is 1.99. The van der Waals surface area contributed by atoms with Gasteiger partial charge in [-0.05, 0) is 13.0 Å². The molecule has 3 nitrogen and oxygen atoms in total. The van der Waals surface area contributed by atoms with E-state index < -0.39 is 0 Å². The van der Waals surface area contributed by atoms with Gasteiger partial charge in [0.05, 0.1) is 12.6 Å². The molecule has 0 spiro atoms. The van der Waals surface area contributed by atoms with E-state index >= 15 is 0 Å². The Morgan fingerprint density at radius 3 is 2.42 bits per heavy atom. The molecule has 0 saturated carbocycles. The van der Waals surface area contributed by atoms with Gasteiger partial charge in [-0.15, -0.1) is 0 Å². The molecule has 0 bridgehead atoms. The highest BCUT2D eigenvalue weighted by Gasteiger charge is 2.18. The average Bonchev–Trinajstić information content (AvgIpc) is 2.05. The molecule has 3 heteroatoms. The van der Waals surface area contributed by atoms with E-state index in [0.717, 1.165) is 13.0 Å². The lowest BCUT2D eigenvalue weighted by molar-refractivity contribution is -0.124. The summed E-state index contributed by atoms with van der Waals surface area (Å²) in [7, 11) is 0. The fraction of sp³-hybridized carbons (Fsp3) is 0.889. The summed E-state index contributed by atoms with van der Waals surface area (Å²) in [5, 5.41) is 11.9. The monoisotopic (exact) mass is 173 g/mol. The number of rotatable bonds is 6. The van der Waals surface area contributed by atoms with E-state index in [1.54, 1.807) is 0 Å². The first kappa shape index (κ1) is 11.6. The lowest BCUT2D eigenvalue weighted by Gasteiger charge is -2.16. The van der Waals surface area contributed by atoms with Crippen molar-refractivity contribution < 1.29 is 9.90 Å². The number of nitrogens with one attached hydrogen (secondary N) is 1. The lowest BCUT2D eigenvalue weighted by atomic mass is 10.0. The molecule has 0 aromatic heterocycles. The van der Waals surface area contributed by atoms with Crippen molar-refractivity contribution in [2.45, 2.75) is 33.2 Å². The van der Waals surface area contributed by atoms with Crippen LogP contribution < -0.4 is 5.32 Å². The Bertz CT molecular complexity index is 134. The Morgan fingerprint density at radius 2 is 2.08 bits per heavy atom. The van der Waals surface area contributed by atoms with Gasteiger partial charge in [0.25, 0.3) is 0 Å². The summed E-state index contributed by atoms with van der Waals surface area (Å²) in [5.74, 6) is 0.0810. The van der Waals surface area contributed by atoms with Gasteiger partial charge in [-0.2, -0.15) is 0 Å². The smallest absolute Gasteiger partial charge is 0.154 e. The molecule has 0 aromatic rings. The van der Waals surface area contributed by atoms with Crippen LogP contribution in [0.25, 0.3) is 0 Å². The molecule has 0 aromatic carbocycles. The van der Waals surface area contributed by atoms with Gasteiger partial charge in [0.2, 0.25) is 0 Å². The van der Waals surface area contributed by atoms with Crippen LogP contribution in [0, 0.1) is 5.92 Å². The molecular weight excluding hydrogens is 154 g/mol. The Kier molecular flexibility index (Phi) is 5.93. The van der Waals surface area contributed by atoms with Crippen LogP contribution in [0.2, 0.25) is 0 Å². The standard InChI is InChI=1S/C9H19NO2/c1-4-5-10-8(6-11)9(12)7(2)3/h7-8,10-11H,4-6H2,1-3H3/t8-/m0/s1. The van der Waals surface area contributed by atoms with Crippen molar-refractivity contribution in [3.63, 3.8) is 0 Å². The molecule has 0 heterocycles. The number of Topliss-reactive ketones (excluding diaryl/α,β-unsaturated/α-hetero) is 1. The Labute approximate surface area is 74.2 Å². The first-order chi connectivity index (χ1) is 5.63. The second kappa shape index (κ2) is 6.14. The zero-order chi connectivity index (χ0) is 9.56. The summed E-state index contributed by atoms with van der Waals surface area (Å²) < 4.78 is 0. The van der Waals surface area contributed by atoms with Crippen LogP contribution in [0.5, 0.6) is 0 Å². The molecule has 2 N–H and O–H groups in total. The summed E-state index contributed by atoms with van der Waals surface area (Å²) in [6.07, 6.45) is 0.974. The fourth-order valence-electron chi connectivity index (χ4n) is 0.976. The average molecular weight is 173 g/mol. The number of aliphatic hydroxyl groups excluding tert-OH is 1. The molecule has 72 valence electrons. The third-order valence-corrected chi connectivity index (χ3v) is 1.74. The normalized spacial score (nSPS) is 13.4. The number of hydrogen-bond acceptors (Lipinski definition) is 3. The van der Waals surface area contributed by atoms with Crippen molar-refractivity contribution >= 4 is 5.78 Å². The van der Waals surface area contributed by atoms with E-state index in [4.69, 9.17) is 5.11 Å². The number of carbonyl (C=O) groups excluding carboxylic acids is 1. The summed E-state index contributed by atoms with van der Waals surface area (Å²) in [4.78, 5) is 11.4. The number of ketones is 1. The molecule has 0 fully saturated rings. The van der Waals surface area contributed by atoms with Crippen LogP contribution in [0.3, 0.4) is 0 Å². The minimum atomic E-state index is -0.370. The molecular formula is C9H19NO2. The van der Waals surface area contributed by atoms with Crippen LogP contribution in [-0.2, 0) is 4.79 Å². The van der Waals surface area contributed by atoms with Crippen LogP contribution in [0.1, 0.15) is 27.2 Å². The first-order valence-corrected chi connectivity index (χ1v) is 4.51. The lowest BCUT2D eigenvalue weighted by Crippen LogP contribution is -2.42. The van der Waals surface area contributed by atoms with Gasteiger partial charge in [0.1, 0.15) is 0 Å². The largest absolute Gasteiger partial charge is 0.394 e. The summed E-state index contributed by atoms with van der Waals surface area (Å²) in [5.41, 5.74) is 0. The summed E-state index contributed by atoms with van der Waals surface area (Å²) in [6.45, 7) is 6.40. The molecule has 0 rings (SSSR count). The van der Waals surface area contributed by atoms with Gasteiger partial charge in [-0.3, -0.25) is 4.79 Å². The fourth-order valence-corrected chi connectivity index (χ4v) is 0.976. The zero-order valence-electron chi connectivity index (χ0n) is 8.13. The predicted octanol–water partition coefficient (Wildman–Crippen LogP) is 0.572. The molecule has 12 heavy (non-hydrogen) atoms. The van der Waals surface area contributed by atoms with E-state index in [0.29, 0.717) is 0 Å². The number of aliphatic hydroxyl groups is 1. The quantitative estimate of drug-likeness (QED) is 0.617.